The molecule has 1 aromatic carbocycles. The molecule has 0 saturated carbocycles. The maximum absolute atomic E-state index is 12.9. The number of carbonyl (C=O) groups excluding carboxylic acids is 2. The summed E-state index contributed by atoms with van der Waals surface area (Å²) < 4.78 is 10.4. The third-order valence-electron chi connectivity index (χ3n) is 4.01. The quantitative estimate of drug-likeness (QED) is 0.426. The number of allylic oxidation sites excluding steroid dienone is 1. The summed E-state index contributed by atoms with van der Waals surface area (Å²) in [6.07, 6.45) is 3.39. The van der Waals surface area contributed by atoms with Crippen molar-refractivity contribution in [1.29, 1.82) is 0 Å². The van der Waals surface area contributed by atoms with Crippen LogP contribution in [-0.2, 0) is 14.3 Å². The zero-order chi connectivity index (χ0) is 19.3. The minimum Gasteiger partial charge on any atom is -0.490 e. The highest BCUT2D eigenvalue weighted by Gasteiger charge is 2.37. The Kier molecular flexibility index (Phi) is 6.39. The molecule has 1 heterocycles. The molecule has 2 rings (SSSR count). The van der Waals surface area contributed by atoms with Gasteiger partial charge in [-0.25, -0.2) is 4.79 Å². The molecule has 0 aromatic heterocycles. The molecular weight excluding hydrogens is 330 g/mol. The van der Waals surface area contributed by atoms with E-state index in [2.05, 4.69) is 6.58 Å². The molecule has 1 aromatic rings. The lowest BCUT2D eigenvalue weighted by atomic mass is 10.0. The van der Waals surface area contributed by atoms with E-state index in [1.54, 1.807) is 24.0 Å². The zero-order valence-corrected chi connectivity index (χ0v) is 15.7. The second kappa shape index (κ2) is 8.52. The number of methoxy groups -OCH3 is 1. The summed E-state index contributed by atoms with van der Waals surface area (Å²) in [6, 6.07) is 7.31. The molecule has 5 nitrogen and oxygen atoms in total. The van der Waals surface area contributed by atoms with Crippen LogP contribution in [0.2, 0.25) is 0 Å². The highest BCUT2D eigenvalue weighted by atomic mass is 16.5. The Morgan fingerprint density at radius 2 is 1.92 bits per heavy atom. The van der Waals surface area contributed by atoms with Crippen molar-refractivity contribution in [2.45, 2.75) is 20.8 Å². The second-order valence-electron chi connectivity index (χ2n) is 6.49. The van der Waals surface area contributed by atoms with Crippen molar-refractivity contribution in [1.82, 2.24) is 4.90 Å². The van der Waals surface area contributed by atoms with Crippen molar-refractivity contribution in [2.75, 3.05) is 20.3 Å². The first-order valence-corrected chi connectivity index (χ1v) is 8.56. The number of esters is 1. The van der Waals surface area contributed by atoms with Crippen molar-refractivity contribution < 1.29 is 19.1 Å². The first-order chi connectivity index (χ1) is 12.4. The van der Waals surface area contributed by atoms with Crippen LogP contribution < -0.4 is 4.74 Å². The third kappa shape index (κ3) is 4.23. The smallest absolute Gasteiger partial charge is 0.340 e. The summed E-state index contributed by atoms with van der Waals surface area (Å²) in [5.74, 6) is 0.322. The van der Waals surface area contributed by atoms with Gasteiger partial charge >= 0.3 is 5.97 Å². The van der Waals surface area contributed by atoms with Crippen molar-refractivity contribution in [3.63, 3.8) is 0 Å². The Bertz CT molecular complexity index is 757. The summed E-state index contributed by atoms with van der Waals surface area (Å²) in [5.41, 5.74) is 2.12. The Morgan fingerprint density at radius 1 is 1.27 bits per heavy atom. The summed E-state index contributed by atoms with van der Waals surface area (Å²) in [7, 11) is 1.32. The fourth-order valence-corrected chi connectivity index (χ4v) is 2.80. The lowest BCUT2D eigenvalue weighted by molar-refractivity contribution is -0.136. The summed E-state index contributed by atoms with van der Waals surface area (Å²) in [4.78, 5) is 26.8. The van der Waals surface area contributed by atoms with Crippen LogP contribution in [0.4, 0.5) is 0 Å². The molecule has 0 saturated heterocycles. The van der Waals surface area contributed by atoms with Gasteiger partial charge in [-0.3, -0.25) is 4.79 Å². The van der Waals surface area contributed by atoms with E-state index in [4.69, 9.17) is 9.47 Å². The minimum absolute atomic E-state index is 0.177. The number of amides is 1. The lowest BCUT2D eigenvalue weighted by Crippen LogP contribution is -2.28. The first-order valence-electron chi connectivity index (χ1n) is 8.56. The van der Waals surface area contributed by atoms with Gasteiger partial charge in [-0.15, -0.1) is 0 Å². The molecular formula is C21H25NO4. The molecule has 5 heteroatoms. The van der Waals surface area contributed by atoms with Gasteiger partial charge in [0.05, 0.1) is 18.3 Å². The molecule has 1 amide bonds. The topological polar surface area (TPSA) is 55.8 Å². The molecule has 138 valence electrons. The van der Waals surface area contributed by atoms with Gasteiger partial charge in [0, 0.05) is 12.2 Å². The fourth-order valence-electron chi connectivity index (χ4n) is 2.80. The minimum atomic E-state index is -0.501. The van der Waals surface area contributed by atoms with Gasteiger partial charge in [-0.05, 0) is 36.6 Å². The number of nitrogens with zero attached hydrogens (tertiary/aromatic N) is 1. The van der Waals surface area contributed by atoms with Crippen molar-refractivity contribution in [3.05, 3.63) is 59.3 Å². The molecule has 0 atom stereocenters. The maximum atomic E-state index is 12.9. The zero-order valence-electron chi connectivity index (χ0n) is 15.7. The van der Waals surface area contributed by atoms with Gasteiger partial charge < -0.3 is 14.4 Å². The van der Waals surface area contributed by atoms with E-state index in [1.165, 1.54) is 7.11 Å². The van der Waals surface area contributed by atoms with Crippen LogP contribution >= 0.6 is 0 Å². The molecule has 0 fully saturated rings. The van der Waals surface area contributed by atoms with Crippen LogP contribution in [0.5, 0.6) is 5.75 Å². The maximum Gasteiger partial charge on any atom is 0.340 e. The predicted molar refractivity (Wildman–Crippen MR) is 101 cm³/mol. The molecule has 0 bridgehead atoms. The van der Waals surface area contributed by atoms with Crippen LogP contribution in [0.15, 0.2) is 53.8 Å². The van der Waals surface area contributed by atoms with Gasteiger partial charge in [0.15, 0.2) is 0 Å². The van der Waals surface area contributed by atoms with E-state index in [-0.39, 0.29) is 11.8 Å². The van der Waals surface area contributed by atoms with Crippen LogP contribution in [0.1, 0.15) is 26.3 Å². The average molecular weight is 355 g/mol. The first kappa shape index (κ1) is 19.5. The molecule has 0 radical (unpaired) electrons. The monoisotopic (exact) mass is 355 g/mol. The Morgan fingerprint density at radius 3 is 2.46 bits per heavy atom. The Hall–Kier alpha value is -2.82. The normalized spacial score (nSPS) is 15.8. The van der Waals surface area contributed by atoms with E-state index in [0.29, 0.717) is 35.7 Å². The van der Waals surface area contributed by atoms with Gasteiger partial charge in [-0.1, -0.05) is 38.6 Å². The van der Waals surface area contributed by atoms with E-state index in [1.807, 2.05) is 38.1 Å². The number of rotatable bonds is 7. The lowest BCUT2D eigenvalue weighted by Gasteiger charge is -2.19. The standard InChI is InChI=1S/C21H25NO4/c1-6-11-26-17-9-7-16(8-10-17)12-18-19(21(24)25-5)15(4)22(20(18)23)13-14(2)3/h6-10,12,14H,1,11,13H2,2-5H3/b18-12-. The molecule has 0 spiro atoms. The SMILES string of the molecule is C=CCOc1ccc(/C=C2\C(=O)N(CC(C)C)C(C)=C2C(=O)OC)cc1. The summed E-state index contributed by atoms with van der Waals surface area (Å²) in [6.45, 7) is 10.4. The third-order valence-corrected chi connectivity index (χ3v) is 4.01. The molecule has 1 aliphatic rings. The predicted octanol–water partition coefficient (Wildman–Crippen LogP) is 3.58. The Balaban J connectivity index is 2.38. The number of carbonyl (C=O) groups is 2. The van der Waals surface area contributed by atoms with Crippen molar-refractivity contribution >= 4 is 18.0 Å². The summed E-state index contributed by atoms with van der Waals surface area (Å²) in [5, 5.41) is 0. The molecule has 1 aliphatic heterocycles. The molecule has 0 N–H and O–H groups in total. The van der Waals surface area contributed by atoms with Crippen LogP contribution in [0, 0.1) is 5.92 Å². The molecule has 0 aliphatic carbocycles. The second-order valence-corrected chi connectivity index (χ2v) is 6.49. The van der Waals surface area contributed by atoms with Crippen LogP contribution in [-0.4, -0.2) is 37.0 Å². The number of hydrogen-bond acceptors (Lipinski definition) is 4. The highest BCUT2D eigenvalue weighted by Crippen LogP contribution is 2.32. The van der Waals surface area contributed by atoms with E-state index >= 15 is 0 Å². The van der Waals surface area contributed by atoms with E-state index < -0.39 is 5.97 Å². The van der Waals surface area contributed by atoms with Gasteiger partial charge in [0.2, 0.25) is 0 Å². The number of benzene rings is 1. The molecule has 26 heavy (non-hydrogen) atoms. The highest BCUT2D eigenvalue weighted by molar-refractivity contribution is 6.16. The van der Waals surface area contributed by atoms with Gasteiger partial charge in [0.1, 0.15) is 12.4 Å². The van der Waals surface area contributed by atoms with Crippen LogP contribution in [0.3, 0.4) is 0 Å². The van der Waals surface area contributed by atoms with Crippen molar-refractivity contribution in [3.8, 4) is 5.75 Å². The van der Waals surface area contributed by atoms with Crippen LogP contribution in [0.25, 0.3) is 6.08 Å². The van der Waals surface area contributed by atoms with E-state index in [9.17, 15) is 9.59 Å². The number of ether oxygens (including phenoxy) is 2. The van der Waals surface area contributed by atoms with Gasteiger partial charge in [0.25, 0.3) is 5.91 Å². The van der Waals surface area contributed by atoms with Gasteiger partial charge in [-0.2, -0.15) is 0 Å². The Labute approximate surface area is 154 Å². The summed E-state index contributed by atoms with van der Waals surface area (Å²) >= 11 is 0. The van der Waals surface area contributed by atoms with Crippen molar-refractivity contribution in [2.24, 2.45) is 5.92 Å². The average Bonchev–Trinajstić information content (AvgIpc) is 2.84. The fraction of sp³-hybridized carbons (Fsp3) is 0.333. The largest absolute Gasteiger partial charge is 0.490 e. The number of hydrogen-bond donors (Lipinski definition) is 0. The molecule has 0 unspecified atom stereocenters. The van der Waals surface area contributed by atoms with E-state index in [0.717, 1.165) is 5.56 Å².